The Bertz CT molecular complexity index is 1170. The van der Waals surface area contributed by atoms with Gasteiger partial charge in [0.1, 0.15) is 6.54 Å². The van der Waals surface area contributed by atoms with Crippen molar-refractivity contribution in [1.82, 2.24) is 0 Å². The van der Waals surface area contributed by atoms with E-state index >= 15 is 0 Å². The molecule has 162 valence electrons. The second-order valence-electron chi connectivity index (χ2n) is 6.43. The van der Waals surface area contributed by atoms with E-state index in [0.717, 1.165) is 12.1 Å². The first kappa shape index (κ1) is 22.6. The number of alkyl halides is 3. The number of rotatable bonds is 6. The molecule has 10 heteroatoms. The fraction of sp³-hybridized carbons (Fsp3) is 0.0952. The summed E-state index contributed by atoms with van der Waals surface area (Å²) in [6, 6.07) is 17.2. The van der Waals surface area contributed by atoms with Crippen molar-refractivity contribution in [3.05, 3.63) is 89.4 Å². The summed E-state index contributed by atoms with van der Waals surface area (Å²) in [5, 5.41) is 2.81. The Morgan fingerprint density at radius 3 is 2.19 bits per heavy atom. The van der Waals surface area contributed by atoms with Crippen LogP contribution >= 0.6 is 11.6 Å². The molecule has 0 unspecified atom stereocenters. The molecule has 0 fully saturated rings. The lowest BCUT2D eigenvalue weighted by molar-refractivity contribution is -0.137. The first-order chi connectivity index (χ1) is 14.6. The molecule has 0 aliphatic heterocycles. The summed E-state index contributed by atoms with van der Waals surface area (Å²) in [6.45, 7) is -0.735. The van der Waals surface area contributed by atoms with Gasteiger partial charge >= 0.3 is 6.18 Å². The Hall–Kier alpha value is -3.04. The van der Waals surface area contributed by atoms with Crippen molar-refractivity contribution in [3.8, 4) is 0 Å². The number of benzene rings is 3. The molecular formula is C21H16ClF3N2O3S. The minimum atomic E-state index is -4.68. The van der Waals surface area contributed by atoms with Crippen LogP contribution in [0.15, 0.2) is 83.8 Å². The average molecular weight is 469 g/mol. The molecule has 0 saturated carbocycles. The van der Waals surface area contributed by atoms with Gasteiger partial charge in [0.05, 0.1) is 16.1 Å². The number of para-hydroxylation sites is 1. The van der Waals surface area contributed by atoms with Gasteiger partial charge < -0.3 is 5.32 Å². The molecule has 3 aromatic carbocycles. The van der Waals surface area contributed by atoms with E-state index in [9.17, 15) is 26.4 Å². The zero-order chi connectivity index (χ0) is 22.6. The van der Waals surface area contributed by atoms with Crippen LogP contribution in [0.5, 0.6) is 0 Å². The van der Waals surface area contributed by atoms with E-state index in [4.69, 9.17) is 11.6 Å². The van der Waals surface area contributed by atoms with Crippen LogP contribution in [-0.2, 0) is 21.0 Å². The predicted molar refractivity (Wildman–Crippen MR) is 112 cm³/mol. The molecule has 0 heterocycles. The van der Waals surface area contributed by atoms with Crippen LogP contribution in [0.25, 0.3) is 0 Å². The first-order valence-corrected chi connectivity index (χ1v) is 10.7. The molecule has 0 atom stereocenters. The fourth-order valence-corrected chi connectivity index (χ4v) is 4.28. The van der Waals surface area contributed by atoms with Gasteiger partial charge in [-0.3, -0.25) is 9.10 Å². The second kappa shape index (κ2) is 8.99. The molecule has 3 aromatic rings. The number of hydrogen-bond acceptors (Lipinski definition) is 3. The summed E-state index contributed by atoms with van der Waals surface area (Å²) in [5.41, 5.74) is -0.918. The van der Waals surface area contributed by atoms with Crippen molar-refractivity contribution in [2.24, 2.45) is 0 Å². The number of carbonyl (C=O) groups is 1. The normalized spacial score (nSPS) is 11.7. The van der Waals surface area contributed by atoms with Gasteiger partial charge in [0, 0.05) is 10.7 Å². The summed E-state index contributed by atoms with van der Waals surface area (Å²) in [6.07, 6.45) is -4.68. The van der Waals surface area contributed by atoms with Crippen LogP contribution in [0.4, 0.5) is 24.5 Å². The number of sulfonamides is 1. The van der Waals surface area contributed by atoms with Gasteiger partial charge in [-0.25, -0.2) is 8.42 Å². The summed E-state index contributed by atoms with van der Waals surface area (Å²) < 4.78 is 66.6. The van der Waals surface area contributed by atoms with E-state index in [-0.39, 0.29) is 15.6 Å². The molecular weight excluding hydrogens is 453 g/mol. The van der Waals surface area contributed by atoms with Gasteiger partial charge in [-0.15, -0.1) is 0 Å². The third-order valence-electron chi connectivity index (χ3n) is 4.21. The van der Waals surface area contributed by atoms with Crippen molar-refractivity contribution in [2.75, 3.05) is 16.2 Å². The van der Waals surface area contributed by atoms with Crippen LogP contribution in [0.3, 0.4) is 0 Å². The van der Waals surface area contributed by atoms with E-state index < -0.39 is 34.2 Å². The van der Waals surface area contributed by atoms with Gasteiger partial charge in [-0.1, -0.05) is 35.9 Å². The maximum absolute atomic E-state index is 13.2. The van der Waals surface area contributed by atoms with Crippen LogP contribution < -0.4 is 9.62 Å². The molecule has 0 aliphatic carbocycles. The zero-order valence-corrected chi connectivity index (χ0v) is 17.4. The molecule has 0 saturated heterocycles. The van der Waals surface area contributed by atoms with Gasteiger partial charge in [-0.2, -0.15) is 13.2 Å². The van der Waals surface area contributed by atoms with Gasteiger partial charge in [0.2, 0.25) is 5.91 Å². The van der Waals surface area contributed by atoms with Crippen molar-refractivity contribution in [2.45, 2.75) is 11.1 Å². The second-order valence-corrected chi connectivity index (χ2v) is 8.73. The number of anilines is 2. The predicted octanol–water partition coefficient (Wildman–Crippen LogP) is 5.19. The molecule has 31 heavy (non-hydrogen) atoms. The fourth-order valence-electron chi connectivity index (χ4n) is 2.74. The summed E-state index contributed by atoms with van der Waals surface area (Å²) in [7, 11) is -4.37. The first-order valence-electron chi connectivity index (χ1n) is 8.88. The van der Waals surface area contributed by atoms with Crippen LogP contribution in [0.1, 0.15) is 5.56 Å². The third-order valence-corrected chi connectivity index (χ3v) is 6.25. The molecule has 3 rings (SSSR count). The van der Waals surface area contributed by atoms with E-state index in [1.54, 1.807) is 30.3 Å². The maximum atomic E-state index is 13.2. The molecule has 0 bridgehead atoms. The van der Waals surface area contributed by atoms with E-state index in [1.165, 1.54) is 30.3 Å². The number of nitrogens with one attached hydrogen (secondary N) is 1. The molecule has 0 aromatic heterocycles. The molecule has 1 amide bonds. The quantitative estimate of drug-likeness (QED) is 0.541. The monoisotopic (exact) mass is 468 g/mol. The molecule has 0 radical (unpaired) electrons. The number of halogens is 4. The number of hydrogen-bond donors (Lipinski definition) is 1. The van der Waals surface area contributed by atoms with Crippen molar-refractivity contribution < 1.29 is 26.4 Å². The van der Waals surface area contributed by atoms with Crippen molar-refractivity contribution in [3.63, 3.8) is 0 Å². The molecule has 0 spiro atoms. The molecule has 5 nitrogen and oxygen atoms in total. The highest BCUT2D eigenvalue weighted by atomic mass is 35.5. The van der Waals surface area contributed by atoms with E-state index in [2.05, 4.69) is 5.32 Å². The Balaban J connectivity index is 2.01. The highest BCUT2D eigenvalue weighted by Gasteiger charge is 2.33. The van der Waals surface area contributed by atoms with E-state index in [1.807, 2.05) is 0 Å². The lowest BCUT2D eigenvalue weighted by Crippen LogP contribution is -2.38. The largest absolute Gasteiger partial charge is 0.416 e. The summed E-state index contributed by atoms with van der Waals surface area (Å²) in [5.74, 6) is -0.721. The minimum absolute atomic E-state index is 0.221. The van der Waals surface area contributed by atoms with E-state index in [0.29, 0.717) is 16.1 Å². The third kappa shape index (κ3) is 5.56. The van der Waals surface area contributed by atoms with Crippen LogP contribution in [0.2, 0.25) is 5.02 Å². The smallest absolute Gasteiger partial charge is 0.325 e. The highest BCUT2D eigenvalue weighted by Crippen LogP contribution is 2.33. The maximum Gasteiger partial charge on any atom is 0.416 e. The highest BCUT2D eigenvalue weighted by molar-refractivity contribution is 7.92. The Labute approximate surface area is 182 Å². The van der Waals surface area contributed by atoms with Crippen LogP contribution in [0, 0.1) is 0 Å². The Kier molecular flexibility index (Phi) is 6.56. The number of nitrogens with zero attached hydrogens (tertiary/aromatic N) is 1. The van der Waals surface area contributed by atoms with Crippen molar-refractivity contribution in [1.29, 1.82) is 0 Å². The van der Waals surface area contributed by atoms with Crippen LogP contribution in [-0.4, -0.2) is 20.9 Å². The van der Waals surface area contributed by atoms with Gasteiger partial charge in [-0.05, 0) is 54.6 Å². The zero-order valence-electron chi connectivity index (χ0n) is 15.8. The molecule has 0 aliphatic rings. The summed E-state index contributed by atoms with van der Waals surface area (Å²) in [4.78, 5) is 12.3. The SMILES string of the molecule is O=C(CN(c1cccc(C(F)(F)F)c1)S(=O)(=O)c1ccc(Cl)cc1)Nc1ccccc1. The topological polar surface area (TPSA) is 66.5 Å². The lowest BCUT2D eigenvalue weighted by atomic mass is 10.2. The standard InChI is InChI=1S/C21H16ClF3N2O3S/c22-16-9-11-19(12-10-16)31(29,30)27(14-20(28)26-17-6-2-1-3-7-17)18-8-4-5-15(13-18)21(23,24)25/h1-13H,14H2,(H,26,28). The minimum Gasteiger partial charge on any atom is -0.325 e. The summed E-state index contributed by atoms with van der Waals surface area (Å²) >= 11 is 5.81. The van der Waals surface area contributed by atoms with Gasteiger partial charge in [0.25, 0.3) is 10.0 Å². The number of carbonyl (C=O) groups excluding carboxylic acids is 1. The molecule has 1 N–H and O–H groups in total. The number of amides is 1. The lowest BCUT2D eigenvalue weighted by Gasteiger charge is -2.25. The van der Waals surface area contributed by atoms with Gasteiger partial charge in [0.15, 0.2) is 0 Å². The Morgan fingerprint density at radius 2 is 1.58 bits per heavy atom. The average Bonchev–Trinajstić information content (AvgIpc) is 2.72. The van der Waals surface area contributed by atoms with Crippen molar-refractivity contribution >= 4 is 38.9 Å². The Morgan fingerprint density at radius 1 is 0.935 bits per heavy atom.